The van der Waals surface area contributed by atoms with Crippen LogP contribution in [0.5, 0.6) is 5.88 Å². The first-order chi connectivity index (χ1) is 8.15. The van der Waals surface area contributed by atoms with Crippen molar-refractivity contribution >= 4 is 27.5 Å². The molecule has 1 aromatic heterocycles. The normalized spacial score (nSPS) is 10.3. The molecule has 0 amide bonds. The Morgan fingerprint density at radius 2 is 2.00 bits per heavy atom. The van der Waals surface area contributed by atoms with E-state index in [1.165, 1.54) is 0 Å². The van der Waals surface area contributed by atoms with Crippen LogP contribution in [0.4, 0.5) is 4.39 Å². The molecule has 0 fully saturated rings. The van der Waals surface area contributed by atoms with Gasteiger partial charge in [0, 0.05) is 4.47 Å². The fourth-order valence-corrected chi connectivity index (χ4v) is 1.55. The third kappa shape index (κ3) is 3.38. The molecule has 0 atom stereocenters. The molecule has 0 aliphatic rings. The summed E-state index contributed by atoms with van der Waals surface area (Å²) in [6.45, 7) is 0.220. The van der Waals surface area contributed by atoms with E-state index in [2.05, 4.69) is 25.9 Å². The standard InChI is InChI=1S/C11H7BrClFN2O/c12-8-3-1-7(2-4-8)6-17-10-9(14)5-15-11(13)16-10/h1-5H,6H2. The van der Waals surface area contributed by atoms with E-state index in [4.69, 9.17) is 16.3 Å². The first-order valence-corrected chi connectivity index (χ1v) is 5.87. The van der Waals surface area contributed by atoms with Gasteiger partial charge < -0.3 is 4.74 Å². The average Bonchev–Trinajstić information content (AvgIpc) is 2.32. The van der Waals surface area contributed by atoms with Crippen LogP contribution in [0.3, 0.4) is 0 Å². The monoisotopic (exact) mass is 316 g/mol. The first kappa shape index (κ1) is 12.3. The van der Waals surface area contributed by atoms with Crippen molar-refractivity contribution < 1.29 is 9.13 Å². The highest BCUT2D eigenvalue weighted by Gasteiger charge is 2.07. The Morgan fingerprint density at radius 3 is 2.71 bits per heavy atom. The van der Waals surface area contributed by atoms with E-state index < -0.39 is 5.82 Å². The van der Waals surface area contributed by atoms with Gasteiger partial charge in [0.15, 0.2) is 0 Å². The maximum absolute atomic E-state index is 13.2. The van der Waals surface area contributed by atoms with Crippen molar-refractivity contribution in [2.24, 2.45) is 0 Å². The van der Waals surface area contributed by atoms with Gasteiger partial charge in [-0.05, 0) is 29.3 Å². The van der Waals surface area contributed by atoms with Gasteiger partial charge in [0.05, 0.1) is 6.20 Å². The molecule has 0 saturated carbocycles. The summed E-state index contributed by atoms with van der Waals surface area (Å²) in [5, 5.41) is -0.0443. The molecule has 0 saturated heterocycles. The summed E-state index contributed by atoms with van der Waals surface area (Å²) in [6, 6.07) is 7.49. The molecule has 0 aliphatic heterocycles. The maximum atomic E-state index is 13.2. The molecule has 1 aromatic carbocycles. The molecule has 0 radical (unpaired) electrons. The van der Waals surface area contributed by atoms with Crippen molar-refractivity contribution in [3.05, 3.63) is 51.6 Å². The molecule has 88 valence electrons. The molecule has 0 unspecified atom stereocenters. The number of hydrogen-bond donors (Lipinski definition) is 0. The molecule has 17 heavy (non-hydrogen) atoms. The number of hydrogen-bond acceptors (Lipinski definition) is 3. The van der Waals surface area contributed by atoms with E-state index in [1.807, 2.05) is 24.3 Å². The van der Waals surface area contributed by atoms with Gasteiger partial charge >= 0.3 is 0 Å². The summed E-state index contributed by atoms with van der Waals surface area (Å²) in [4.78, 5) is 7.15. The molecule has 0 bridgehead atoms. The second-order valence-electron chi connectivity index (χ2n) is 3.21. The van der Waals surface area contributed by atoms with Crippen LogP contribution >= 0.6 is 27.5 Å². The quantitative estimate of drug-likeness (QED) is 0.811. The summed E-state index contributed by atoms with van der Waals surface area (Å²) in [5.41, 5.74) is 0.905. The minimum absolute atomic E-state index is 0.0443. The summed E-state index contributed by atoms with van der Waals surface area (Å²) in [5.74, 6) is -0.778. The summed E-state index contributed by atoms with van der Waals surface area (Å²) in [7, 11) is 0. The molecule has 0 aliphatic carbocycles. The first-order valence-electron chi connectivity index (χ1n) is 4.70. The Morgan fingerprint density at radius 1 is 1.29 bits per heavy atom. The van der Waals surface area contributed by atoms with E-state index in [0.29, 0.717) is 0 Å². The predicted molar refractivity (Wildman–Crippen MR) is 65.5 cm³/mol. The van der Waals surface area contributed by atoms with Gasteiger partial charge in [0.1, 0.15) is 6.61 Å². The molecule has 2 rings (SSSR count). The van der Waals surface area contributed by atoms with Crippen LogP contribution in [0, 0.1) is 5.82 Å². The van der Waals surface area contributed by atoms with E-state index in [1.54, 1.807) is 0 Å². The fraction of sp³-hybridized carbons (Fsp3) is 0.0909. The second kappa shape index (κ2) is 5.42. The lowest BCUT2D eigenvalue weighted by Gasteiger charge is -2.06. The minimum atomic E-state index is -0.633. The lowest BCUT2D eigenvalue weighted by Crippen LogP contribution is -2.00. The van der Waals surface area contributed by atoms with Crippen LogP contribution in [0.1, 0.15) is 5.56 Å². The maximum Gasteiger partial charge on any atom is 0.255 e. The van der Waals surface area contributed by atoms with Gasteiger partial charge in [-0.2, -0.15) is 9.37 Å². The van der Waals surface area contributed by atoms with Crippen molar-refractivity contribution in [3.8, 4) is 5.88 Å². The molecule has 2 aromatic rings. The number of halogens is 3. The summed E-state index contributed by atoms with van der Waals surface area (Å²) in [6.07, 6.45) is 0.978. The Labute approximate surface area is 111 Å². The number of nitrogens with zero attached hydrogens (tertiary/aromatic N) is 2. The molecule has 3 nitrogen and oxygen atoms in total. The Hall–Kier alpha value is -1.20. The SMILES string of the molecule is Fc1cnc(Cl)nc1OCc1ccc(Br)cc1. The van der Waals surface area contributed by atoms with Crippen molar-refractivity contribution in [1.82, 2.24) is 9.97 Å². The van der Waals surface area contributed by atoms with Crippen molar-refractivity contribution in [3.63, 3.8) is 0 Å². The van der Waals surface area contributed by atoms with Crippen LogP contribution in [0.2, 0.25) is 5.28 Å². The van der Waals surface area contributed by atoms with Crippen LogP contribution in [-0.2, 0) is 6.61 Å². The third-order valence-corrected chi connectivity index (χ3v) is 2.68. The Bertz CT molecular complexity index is 521. The van der Waals surface area contributed by atoms with Crippen LogP contribution < -0.4 is 4.74 Å². The lowest BCUT2D eigenvalue weighted by molar-refractivity contribution is 0.276. The molecular weight excluding hydrogens is 310 g/mol. The van der Waals surface area contributed by atoms with Gasteiger partial charge in [-0.1, -0.05) is 28.1 Å². The molecule has 1 heterocycles. The zero-order chi connectivity index (χ0) is 12.3. The predicted octanol–water partition coefficient (Wildman–Crippen LogP) is 3.61. The van der Waals surface area contributed by atoms with Crippen molar-refractivity contribution in [1.29, 1.82) is 0 Å². The van der Waals surface area contributed by atoms with Crippen molar-refractivity contribution in [2.45, 2.75) is 6.61 Å². The van der Waals surface area contributed by atoms with Crippen LogP contribution in [0.25, 0.3) is 0 Å². The zero-order valence-electron chi connectivity index (χ0n) is 8.53. The Balaban J connectivity index is 2.07. The van der Waals surface area contributed by atoms with Crippen LogP contribution in [0.15, 0.2) is 34.9 Å². The van der Waals surface area contributed by atoms with E-state index in [0.717, 1.165) is 16.2 Å². The minimum Gasteiger partial charge on any atom is -0.471 e. The van der Waals surface area contributed by atoms with E-state index in [9.17, 15) is 4.39 Å². The summed E-state index contributed by atoms with van der Waals surface area (Å²) < 4.78 is 19.4. The third-order valence-electron chi connectivity index (χ3n) is 1.97. The molecule has 0 N–H and O–H groups in total. The molecular formula is C11H7BrClFN2O. The van der Waals surface area contributed by atoms with Gasteiger partial charge in [0.2, 0.25) is 11.1 Å². The Kier molecular flexibility index (Phi) is 3.91. The highest BCUT2D eigenvalue weighted by atomic mass is 79.9. The van der Waals surface area contributed by atoms with Gasteiger partial charge in [-0.15, -0.1) is 0 Å². The molecule has 0 spiro atoms. The fourth-order valence-electron chi connectivity index (χ4n) is 1.16. The highest BCUT2D eigenvalue weighted by molar-refractivity contribution is 9.10. The smallest absolute Gasteiger partial charge is 0.255 e. The number of ether oxygens (including phenoxy) is 1. The highest BCUT2D eigenvalue weighted by Crippen LogP contribution is 2.17. The molecule has 6 heteroatoms. The summed E-state index contributed by atoms with van der Waals surface area (Å²) >= 11 is 8.87. The van der Waals surface area contributed by atoms with E-state index >= 15 is 0 Å². The average molecular weight is 318 g/mol. The van der Waals surface area contributed by atoms with Crippen LogP contribution in [-0.4, -0.2) is 9.97 Å². The van der Waals surface area contributed by atoms with Gasteiger partial charge in [-0.25, -0.2) is 4.98 Å². The lowest BCUT2D eigenvalue weighted by atomic mass is 10.2. The van der Waals surface area contributed by atoms with E-state index in [-0.39, 0.29) is 17.8 Å². The number of rotatable bonds is 3. The van der Waals surface area contributed by atoms with Gasteiger partial charge in [0.25, 0.3) is 5.88 Å². The second-order valence-corrected chi connectivity index (χ2v) is 4.46. The number of benzene rings is 1. The topological polar surface area (TPSA) is 35.0 Å². The van der Waals surface area contributed by atoms with Crippen molar-refractivity contribution in [2.75, 3.05) is 0 Å². The number of aromatic nitrogens is 2. The van der Waals surface area contributed by atoms with Gasteiger partial charge in [-0.3, -0.25) is 0 Å². The largest absolute Gasteiger partial charge is 0.471 e. The zero-order valence-corrected chi connectivity index (χ0v) is 10.9.